The van der Waals surface area contributed by atoms with E-state index in [9.17, 15) is 14.4 Å². The van der Waals surface area contributed by atoms with Gasteiger partial charge in [0, 0.05) is 12.1 Å². The van der Waals surface area contributed by atoms with Gasteiger partial charge < -0.3 is 4.42 Å². The fourth-order valence-corrected chi connectivity index (χ4v) is 3.42. The van der Waals surface area contributed by atoms with Crippen molar-refractivity contribution in [1.82, 2.24) is 20.0 Å². The lowest BCUT2D eigenvalue weighted by Crippen LogP contribution is -2.34. The van der Waals surface area contributed by atoms with Crippen LogP contribution in [0.25, 0.3) is 11.5 Å². The summed E-state index contributed by atoms with van der Waals surface area (Å²) >= 11 is 0. The number of hydrogen-bond acceptors (Lipinski definition) is 6. The molecule has 2 aliphatic rings. The van der Waals surface area contributed by atoms with Crippen molar-refractivity contribution in [2.75, 3.05) is 6.54 Å². The summed E-state index contributed by atoms with van der Waals surface area (Å²) in [5, 5.41) is 7.83. The quantitative estimate of drug-likeness (QED) is 0.434. The van der Waals surface area contributed by atoms with Crippen LogP contribution in [0.5, 0.6) is 0 Å². The van der Waals surface area contributed by atoms with Gasteiger partial charge in [0.25, 0.3) is 0 Å². The Labute approximate surface area is 161 Å². The van der Waals surface area contributed by atoms with Crippen molar-refractivity contribution in [2.24, 2.45) is 0 Å². The van der Waals surface area contributed by atoms with Crippen molar-refractivity contribution in [2.45, 2.75) is 38.6 Å². The summed E-state index contributed by atoms with van der Waals surface area (Å²) in [7, 11) is 0. The predicted octanol–water partition coefficient (Wildman–Crippen LogP) is 2.92. The van der Waals surface area contributed by atoms with Gasteiger partial charge >= 0.3 is 17.8 Å². The van der Waals surface area contributed by atoms with Crippen LogP contribution in [0.4, 0.5) is 4.79 Å². The Kier molecular flexibility index (Phi) is 5.01. The molecule has 28 heavy (non-hydrogen) atoms. The molecule has 1 fully saturated rings. The molecule has 0 bridgehead atoms. The van der Waals surface area contributed by atoms with Gasteiger partial charge in [0.15, 0.2) is 0 Å². The van der Waals surface area contributed by atoms with Gasteiger partial charge in [-0.05, 0) is 44.2 Å². The second kappa shape index (κ2) is 7.75. The van der Waals surface area contributed by atoms with Gasteiger partial charge in [-0.3, -0.25) is 14.5 Å². The van der Waals surface area contributed by atoms with Crippen molar-refractivity contribution in [3.8, 4) is 11.5 Å². The summed E-state index contributed by atoms with van der Waals surface area (Å²) in [4.78, 5) is 39.0. The van der Waals surface area contributed by atoms with E-state index in [0.717, 1.165) is 34.6 Å². The normalized spacial score (nSPS) is 17.4. The number of hydrogen-bond donors (Lipinski definition) is 0. The molecule has 0 N–H and O–H groups in total. The van der Waals surface area contributed by atoms with Gasteiger partial charge in [-0.1, -0.05) is 29.8 Å². The number of rotatable bonds is 6. The standard InChI is InChI=1S/C20H20N4O4/c25-18-19(26)24(20(27)23(18)12-11-14-7-3-1-4-8-14)13-16-21-22-17(28-16)15-9-5-2-6-10-15/h2,5-7,9-10H,1,3-4,8,11-13H2. The lowest BCUT2D eigenvalue weighted by molar-refractivity contribution is -0.143. The zero-order valence-electron chi connectivity index (χ0n) is 15.3. The molecule has 0 saturated carbocycles. The van der Waals surface area contributed by atoms with Gasteiger partial charge in [-0.15, -0.1) is 10.2 Å². The molecular weight excluding hydrogens is 360 g/mol. The Hall–Kier alpha value is -3.29. The van der Waals surface area contributed by atoms with Crippen LogP contribution >= 0.6 is 0 Å². The van der Waals surface area contributed by atoms with Crippen molar-refractivity contribution in [3.05, 3.63) is 47.9 Å². The molecule has 2 heterocycles. The topological polar surface area (TPSA) is 96.6 Å². The maximum Gasteiger partial charge on any atom is 0.334 e. The van der Waals surface area contributed by atoms with E-state index in [4.69, 9.17) is 4.42 Å². The molecule has 144 valence electrons. The molecule has 1 aromatic carbocycles. The van der Waals surface area contributed by atoms with Crippen molar-refractivity contribution in [3.63, 3.8) is 0 Å². The van der Waals surface area contributed by atoms with Crippen LogP contribution in [0, 0.1) is 0 Å². The van der Waals surface area contributed by atoms with Crippen LogP contribution in [-0.4, -0.2) is 44.4 Å². The lowest BCUT2D eigenvalue weighted by Gasteiger charge is -2.17. The zero-order valence-corrected chi connectivity index (χ0v) is 15.3. The van der Waals surface area contributed by atoms with E-state index in [1.807, 2.05) is 30.3 Å². The summed E-state index contributed by atoms with van der Waals surface area (Å²) in [6.45, 7) is -0.00667. The summed E-state index contributed by atoms with van der Waals surface area (Å²) in [6.07, 6.45) is 7.09. The van der Waals surface area contributed by atoms with Crippen LogP contribution in [0.15, 0.2) is 46.4 Å². The second-order valence-electron chi connectivity index (χ2n) is 6.86. The SMILES string of the molecule is O=C1C(=O)N(Cc2nnc(-c3ccccc3)o2)C(=O)N1CCC1=CCCCC1. The summed E-state index contributed by atoms with van der Waals surface area (Å²) in [5.41, 5.74) is 1.97. The first-order chi connectivity index (χ1) is 13.6. The van der Waals surface area contributed by atoms with E-state index in [1.54, 1.807) is 0 Å². The molecule has 8 nitrogen and oxygen atoms in total. The maximum absolute atomic E-state index is 12.6. The zero-order chi connectivity index (χ0) is 19.5. The summed E-state index contributed by atoms with van der Waals surface area (Å²) < 4.78 is 5.55. The highest BCUT2D eigenvalue weighted by Gasteiger charge is 2.44. The minimum absolute atomic E-state index is 0.102. The lowest BCUT2D eigenvalue weighted by atomic mass is 9.97. The third-order valence-electron chi connectivity index (χ3n) is 4.96. The van der Waals surface area contributed by atoms with Gasteiger partial charge in [-0.25, -0.2) is 9.69 Å². The van der Waals surface area contributed by atoms with Crippen molar-refractivity contribution >= 4 is 17.8 Å². The minimum atomic E-state index is -0.859. The highest BCUT2D eigenvalue weighted by Crippen LogP contribution is 2.23. The Morgan fingerprint density at radius 2 is 1.75 bits per heavy atom. The molecule has 0 spiro atoms. The van der Waals surface area contributed by atoms with Crippen molar-refractivity contribution < 1.29 is 18.8 Å². The molecule has 0 unspecified atom stereocenters. The molecular formula is C20H20N4O4. The van der Waals surface area contributed by atoms with Crippen molar-refractivity contribution in [1.29, 1.82) is 0 Å². The fourth-order valence-electron chi connectivity index (χ4n) is 3.42. The van der Waals surface area contributed by atoms with Crippen LogP contribution in [0.3, 0.4) is 0 Å². The molecule has 4 amide bonds. The minimum Gasteiger partial charge on any atom is -0.419 e. The molecule has 0 atom stereocenters. The van der Waals surface area contributed by atoms with E-state index in [-0.39, 0.29) is 19.0 Å². The monoisotopic (exact) mass is 380 g/mol. The third-order valence-corrected chi connectivity index (χ3v) is 4.96. The third kappa shape index (κ3) is 3.58. The van der Waals surface area contributed by atoms with E-state index < -0.39 is 17.8 Å². The smallest absolute Gasteiger partial charge is 0.334 e. The highest BCUT2D eigenvalue weighted by molar-refractivity contribution is 6.44. The molecule has 2 aromatic rings. The fraction of sp³-hybridized carbons (Fsp3) is 0.350. The second-order valence-corrected chi connectivity index (χ2v) is 6.86. The molecule has 0 radical (unpaired) electrons. The largest absolute Gasteiger partial charge is 0.419 e. The number of carbonyl (C=O) groups excluding carboxylic acids is 3. The molecule has 1 aliphatic carbocycles. The number of benzene rings is 1. The average molecular weight is 380 g/mol. The molecule has 4 rings (SSSR count). The first-order valence-corrected chi connectivity index (χ1v) is 9.36. The highest BCUT2D eigenvalue weighted by atomic mass is 16.4. The van der Waals surface area contributed by atoms with Gasteiger partial charge in [0.05, 0.1) is 0 Å². The summed E-state index contributed by atoms with van der Waals surface area (Å²) in [5.74, 6) is -1.27. The molecule has 1 saturated heterocycles. The first kappa shape index (κ1) is 18.1. The number of nitrogens with zero attached hydrogens (tertiary/aromatic N) is 4. The number of allylic oxidation sites excluding steroid dienone is 1. The molecule has 1 aromatic heterocycles. The van der Waals surface area contributed by atoms with E-state index in [1.165, 1.54) is 12.0 Å². The number of carbonyl (C=O) groups is 3. The molecule has 8 heteroatoms. The Bertz CT molecular complexity index is 935. The Morgan fingerprint density at radius 3 is 2.50 bits per heavy atom. The van der Waals surface area contributed by atoms with E-state index in [2.05, 4.69) is 16.3 Å². The Balaban J connectivity index is 1.43. The average Bonchev–Trinajstić information content (AvgIpc) is 3.28. The van der Waals surface area contributed by atoms with Crippen LogP contribution in [-0.2, 0) is 16.1 Å². The Morgan fingerprint density at radius 1 is 0.964 bits per heavy atom. The molecule has 1 aliphatic heterocycles. The number of urea groups is 1. The van der Waals surface area contributed by atoms with Crippen LogP contribution in [0.1, 0.15) is 38.0 Å². The van der Waals surface area contributed by atoms with E-state index in [0.29, 0.717) is 12.3 Å². The first-order valence-electron chi connectivity index (χ1n) is 9.36. The number of imide groups is 2. The maximum atomic E-state index is 12.6. The predicted molar refractivity (Wildman–Crippen MR) is 98.6 cm³/mol. The van der Waals surface area contributed by atoms with Gasteiger partial charge in [-0.2, -0.15) is 0 Å². The van der Waals surface area contributed by atoms with E-state index >= 15 is 0 Å². The summed E-state index contributed by atoms with van der Waals surface area (Å²) in [6, 6.07) is 8.54. The number of aromatic nitrogens is 2. The van der Waals surface area contributed by atoms with Gasteiger partial charge in [0.1, 0.15) is 6.54 Å². The number of amides is 4. The van der Waals surface area contributed by atoms with Crippen LogP contribution < -0.4 is 0 Å². The van der Waals surface area contributed by atoms with Crippen LogP contribution in [0.2, 0.25) is 0 Å². The van der Waals surface area contributed by atoms with Gasteiger partial charge in [0.2, 0.25) is 11.8 Å².